The molecule has 72 valence electrons. The van der Waals surface area contributed by atoms with Crippen molar-refractivity contribution in [1.29, 1.82) is 5.26 Å². The number of nitriles is 1. The minimum Gasteiger partial charge on any atom is -0.491 e. The highest BCUT2D eigenvalue weighted by molar-refractivity contribution is 5.34. The van der Waals surface area contributed by atoms with E-state index in [-0.39, 0.29) is 5.60 Å². The summed E-state index contributed by atoms with van der Waals surface area (Å²) in [5, 5.41) is 8.59. The van der Waals surface area contributed by atoms with Gasteiger partial charge in [0.1, 0.15) is 18.0 Å². The minimum absolute atomic E-state index is 0.0894. The third-order valence-corrected chi connectivity index (χ3v) is 2.16. The van der Waals surface area contributed by atoms with Gasteiger partial charge in [-0.3, -0.25) is 0 Å². The topological polar surface area (TPSA) is 45.5 Å². The SMILES string of the molecule is CC1(COc2ccc(C#N)cc2)CO1. The molecule has 0 saturated carbocycles. The maximum Gasteiger partial charge on any atom is 0.123 e. The van der Waals surface area contributed by atoms with Crippen LogP contribution in [0.3, 0.4) is 0 Å². The molecule has 1 saturated heterocycles. The lowest BCUT2D eigenvalue weighted by atomic mass is 10.2. The van der Waals surface area contributed by atoms with Crippen LogP contribution in [0.4, 0.5) is 0 Å². The summed E-state index contributed by atoms with van der Waals surface area (Å²) in [5.41, 5.74) is 0.555. The molecule has 1 fully saturated rings. The van der Waals surface area contributed by atoms with Crippen molar-refractivity contribution >= 4 is 0 Å². The third-order valence-electron chi connectivity index (χ3n) is 2.16. The molecule has 0 amide bonds. The van der Waals surface area contributed by atoms with Gasteiger partial charge in [0.05, 0.1) is 18.2 Å². The largest absolute Gasteiger partial charge is 0.491 e. The molecule has 0 aliphatic carbocycles. The molecule has 1 aliphatic heterocycles. The first kappa shape index (κ1) is 9.04. The molecule has 0 spiro atoms. The van der Waals surface area contributed by atoms with Crippen LogP contribution in [0.15, 0.2) is 24.3 Å². The normalized spacial score (nSPS) is 24.0. The molecule has 2 rings (SSSR count). The molecule has 0 N–H and O–H groups in total. The monoisotopic (exact) mass is 189 g/mol. The van der Waals surface area contributed by atoms with Crippen LogP contribution >= 0.6 is 0 Å². The lowest BCUT2D eigenvalue weighted by molar-refractivity contribution is 0.202. The van der Waals surface area contributed by atoms with Crippen molar-refractivity contribution in [2.24, 2.45) is 0 Å². The van der Waals surface area contributed by atoms with E-state index in [1.54, 1.807) is 24.3 Å². The van der Waals surface area contributed by atoms with Crippen LogP contribution in [0.2, 0.25) is 0 Å². The number of nitrogens with zero attached hydrogens (tertiary/aromatic N) is 1. The zero-order chi connectivity index (χ0) is 10.0. The van der Waals surface area contributed by atoms with E-state index in [0.29, 0.717) is 12.2 Å². The van der Waals surface area contributed by atoms with Crippen molar-refractivity contribution in [1.82, 2.24) is 0 Å². The first-order valence-electron chi connectivity index (χ1n) is 4.49. The Labute approximate surface area is 82.9 Å². The quantitative estimate of drug-likeness (QED) is 0.680. The Morgan fingerprint density at radius 1 is 1.50 bits per heavy atom. The highest BCUT2D eigenvalue weighted by atomic mass is 16.6. The van der Waals surface area contributed by atoms with Crippen LogP contribution in [-0.4, -0.2) is 18.8 Å². The molecule has 1 heterocycles. The molecule has 0 bridgehead atoms. The van der Waals surface area contributed by atoms with Gasteiger partial charge in [0, 0.05) is 0 Å². The fourth-order valence-electron chi connectivity index (χ4n) is 1.07. The molecular weight excluding hydrogens is 178 g/mol. The van der Waals surface area contributed by atoms with Crippen LogP contribution in [0.5, 0.6) is 5.75 Å². The molecule has 3 nitrogen and oxygen atoms in total. The molecular formula is C11H11NO2. The highest BCUT2D eigenvalue weighted by Crippen LogP contribution is 2.26. The Morgan fingerprint density at radius 2 is 2.14 bits per heavy atom. The van der Waals surface area contributed by atoms with Gasteiger partial charge < -0.3 is 9.47 Å². The summed E-state index contributed by atoms with van der Waals surface area (Å²) in [4.78, 5) is 0. The van der Waals surface area contributed by atoms with E-state index in [1.165, 1.54) is 0 Å². The fraction of sp³-hybridized carbons (Fsp3) is 0.364. The summed E-state index contributed by atoms with van der Waals surface area (Å²) in [6.07, 6.45) is 0. The van der Waals surface area contributed by atoms with E-state index in [0.717, 1.165) is 12.4 Å². The number of epoxide rings is 1. The van der Waals surface area contributed by atoms with E-state index in [4.69, 9.17) is 14.7 Å². The molecule has 0 radical (unpaired) electrons. The van der Waals surface area contributed by atoms with Gasteiger partial charge in [-0.2, -0.15) is 5.26 Å². The van der Waals surface area contributed by atoms with Crippen molar-refractivity contribution in [2.75, 3.05) is 13.2 Å². The third kappa shape index (κ3) is 2.04. The number of ether oxygens (including phenoxy) is 2. The summed E-state index contributed by atoms with van der Waals surface area (Å²) in [6, 6.07) is 9.13. The molecule has 1 atom stereocenters. The molecule has 1 aromatic rings. The molecule has 1 unspecified atom stereocenters. The van der Waals surface area contributed by atoms with Gasteiger partial charge in [-0.25, -0.2) is 0 Å². The zero-order valence-corrected chi connectivity index (χ0v) is 7.99. The van der Waals surface area contributed by atoms with Gasteiger partial charge in [-0.15, -0.1) is 0 Å². The van der Waals surface area contributed by atoms with Crippen LogP contribution in [0.1, 0.15) is 12.5 Å². The lowest BCUT2D eigenvalue weighted by Gasteiger charge is -2.08. The van der Waals surface area contributed by atoms with E-state index in [2.05, 4.69) is 6.07 Å². The average Bonchev–Trinajstić information content (AvgIpc) is 2.95. The van der Waals surface area contributed by atoms with E-state index in [9.17, 15) is 0 Å². The minimum atomic E-state index is -0.0894. The predicted molar refractivity (Wildman–Crippen MR) is 51.0 cm³/mol. The Kier molecular flexibility index (Phi) is 2.14. The van der Waals surface area contributed by atoms with Crippen molar-refractivity contribution in [3.63, 3.8) is 0 Å². The molecule has 1 aliphatic rings. The van der Waals surface area contributed by atoms with Crippen molar-refractivity contribution in [3.05, 3.63) is 29.8 Å². The number of rotatable bonds is 3. The van der Waals surface area contributed by atoms with Crippen molar-refractivity contribution in [2.45, 2.75) is 12.5 Å². The van der Waals surface area contributed by atoms with Gasteiger partial charge in [-0.05, 0) is 31.2 Å². The van der Waals surface area contributed by atoms with Crippen LogP contribution < -0.4 is 4.74 Å². The van der Waals surface area contributed by atoms with Crippen molar-refractivity contribution in [3.8, 4) is 11.8 Å². The van der Waals surface area contributed by atoms with Crippen LogP contribution in [-0.2, 0) is 4.74 Å². The molecule has 3 heteroatoms. The van der Waals surface area contributed by atoms with Gasteiger partial charge in [-0.1, -0.05) is 0 Å². The second-order valence-electron chi connectivity index (χ2n) is 3.66. The molecule has 0 aromatic heterocycles. The highest BCUT2D eigenvalue weighted by Gasteiger charge is 2.40. The predicted octanol–water partition coefficient (Wildman–Crippen LogP) is 1.73. The number of hydrogen-bond donors (Lipinski definition) is 0. The summed E-state index contributed by atoms with van der Waals surface area (Å²) in [7, 11) is 0. The summed E-state index contributed by atoms with van der Waals surface area (Å²) in [6.45, 7) is 3.35. The standard InChI is InChI=1S/C11H11NO2/c1-11(8-14-11)7-13-10-4-2-9(6-12)3-5-10/h2-5H,7-8H2,1H3. The summed E-state index contributed by atoms with van der Waals surface area (Å²) >= 11 is 0. The summed E-state index contributed by atoms with van der Waals surface area (Å²) < 4.78 is 10.7. The second-order valence-corrected chi connectivity index (χ2v) is 3.66. The Morgan fingerprint density at radius 3 is 2.64 bits per heavy atom. The van der Waals surface area contributed by atoms with Gasteiger partial charge >= 0.3 is 0 Å². The zero-order valence-electron chi connectivity index (χ0n) is 7.99. The van der Waals surface area contributed by atoms with E-state index >= 15 is 0 Å². The van der Waals surface area contributed by atoms with Crippen LogP contribution in [0, 0.1) is 11.3 Å². The lowest BCUT2D eigenvalue weighted by Crippen LogP contribution is -2.16. The maximum absolute atomic E-state index is 8.59. The first-order valence-corrected chi connectivity index (χ1v) is 4.49. The molecule has 14 heavy (non-hydrogen) atoms. The Hall–Kier alpha value is -1.53. The average molecular weight is 189 g/mol. The van der Waals surface area contributed by atoms with Gasteiger partial charge in [0.25, 0.3) is 0 Å². The van der Waals surface area contributed by atoms with E-state index in [1.807, 2.05) is 6.92 Å². The van der Waals surface area contributed by atoms with Gasteiger partial charge in [0.15, 0.2) is 0 Å². The second kappa shape index (κ2) is 3.32. The van der Waals surface area contributed by atoms with Crippen molar-refractivity contribution < 1.29 is 9.47 Å². The number of hydrogen-bond acceptors (Lipinski definition) is 3. The smallest absolute Gasteiger partial charge is 0.123 e. The molecule has 1 aromatic carbocycles. The fourth-order valence-corrected chi connectivity index (χ4v) is 1.07. The Balaban J connectivity index is 1.94. The summed E-state index contributed by atoms with van der Waals surface area (Å²) in [5.74, 6) is 0.778. The number of benzene rings is 1. The van der Waals surface area contributed by atoms with Gasteiger partial charge in [0.2, 0.25) is 0 Å². The van der Waals surface area contributed by atoms with Crippen LogP contribution in [0.25, 0.3) is 0 Å². The first-order chi connectivity index (χ1) is 6.72. The van der Waals surface area contributed by atoms with E-state index < -0.39 is 0 Å². The maximum atomic E-state index is 8.59. The Bertz CT molecular complexity index is 360.